The van der Waals surface area contributed by atoms with E-state index in [0.29, 0.717) is 11.7 Å². The van der Waals surface area contributed by atoms with E-state index in [4.69, 9.17) is 11.6 Å². The molecule has 2 N–H and O–H groups in total. The van der Waals surface area contributed by atoms with Gasteiger partial charge in [-0.25, -0.2) is 9.97 Å². The summed E-state index contributed by atoms with van der Waals surface area (Å²) in [7, 11) is 0. The molecule has 0 fully saturated rings. The number of hydrogen-bond acceptors (Lipinski definition) is 4. The molecule has 2 heterocycles. The van der Waals surface area contributed by atoms with Crippen LogP contribution >= 0.6 is 11.6 Å². The number of H-pyrrole nitrogens is 1. The number of halogens is 1. The quantitative estimate of drug-likeness (QED) is 0.819. The number of aromatic amines is 1. The molecule has 2 aromatic heterocycles. The zero-order valence-electron chi connectivity index (χ0n) is 9.79. The maximum absolute atomic E-state index is 6.05. The van der Waals surface area contributed by atoms with Gasteiger partial charge in [-0.1, -0.05) is 18.5 Å². The van der Waals surface area contributed by atoms with Crippen molar-refractivity contribution in [3.05, 3.63) is 34.5 Å². The predicted octanol–water partition coefficient (Wildman–Crippen LogP) is 2.34. The van der Waals surface area contributed by atoms with E-state index in [1.165, 1.54) is 0 Å². The fourth-order valence-electron chi connectivity index (χ4n) is 1.42. The van der Waals surface area contributed by atoms with Gasteiger partial charge >= 0.3 is 0 Å². The van der Waals surface area contributed by atoms with E-state index in [1.807, 2.05) is 20.0 Å². The van der Waals surface area contributed by atoms with E-state index < -0.39 is 0 Å². The van der Waals surface area contributed by atoms with Crippen LogP contribution in [-0.4, -0.2) is 20.2 Å². The summed E-state index contributed by atoms with van der Waals surface area (Å²) in [5.41, 5.74) is 1.93. The van der Waals surface area contributed by atoms with Crippen molar-refractivity contribution in [2.24, 2.45) is 0 Å². The van der Waals surface area contributed by atoms with Gasteiger partial charge < -0.3 is 5.32 Å². The van der Waals surface area contributed by atoms with Gasteiger partial charge in [0.05, 0.1) is 6.20 Å². The number of aryl methyl sites for hydroxylation is 1. The van der Waals surface area contributed by atoms with Crippen molar-refractivity contribution in [2.75, 3.05) is 5.32 Å². The maximum Gasteiger partial charge on any atom is 0.137 e. The first-order valence-electron chi connectivity index (χ1n) is 5.45. The summed E-state index contributed by atoms with van der Waals surface area (Å²) in [4.78, 5) is 8.61. The van der Waals surface area contributed by atoms with Crippen molar-refractivity contribution in [3.8, 4) is 0 Å². The Morgan fingerprint density at radius 1 is 1.41 bits per heavy atom. The number of nitrogens with one attached hydrogen (secondary N) is 2. The summed E-state index contributed by atoms with van der Waals surface area (Å²) >= 11 is 6.05. The Morgan fingerprint density at radius 2 is 2.24 bits per heavy atom. The van der Waals surface area contributed by atoms with Crippen LogP contribution in [0.25, 0.3) is 0 Å². The van der Waals surface area contributed by atoms with E-state index in [2.05, 4.69) is 25.5 Å². The maximum atomic E-state index is 6.05. The lowest BCUT2D eigenvalue weighted by molar-refractivity contribution is 0.923. The summed E-state index contributed by atoms with van der Waals surface area (Å²) in [5.74, 6) is 1.53. The minimum absolute atomic E-state index is 0.506. The average Bonchev–Trinajstić information content (AvgIpc) is 2.84. The molecule has 0 aliphatic rings. The standard InChI is InChI=1S/C11H14ClN5/c1-3-9-16-10(12)7(2)11(17-9)13-4-8-5-14-15-6-8/h5-6H,3-4H2,1-2H3,(H,14,15)(H,13,16,17). The molecule has 0 aromatic carbocycles. The first-order chi connectivity index (χ1) is 8.20. The van der Waals surface area contributed by atoms with Crippen molar-refractivity contribution in [3.63, 3.8) is 0 Å². The van der Waals surface area contributed by atoms with Gasteiger partial charge in [0.1, 0.15) is 16.8 Å². The number of aromatic nitrogens is 4. The second-order valence-electron chi connectivity index (χ2n) is 3.72. The normalized spacial score (nSPS) is 10.5. The van der Waals surface area contributed by atoms with Crippen molar-refractivity contribution in [1.29, 1.82) is 0 Å². The summed E-state index contributed by atoms with van der Waals surface area (Å²) in [6.07, 6.45) is 4.37. The lowest BCUT2D eigenvalue weighted by Crippen LogP contribution is -2.06. The molecule has 90 valence electrons. The molecule has 0 bridgehead atoms. The average molecular weight is 252 g/mol. The molecule has 0 saturated carbocycles. The first kappa shape index (κ1) is 11.9. The third-order valence-electron chi connectivity index (χ3n) is 2.46. The van der Waals surface area contributed by atoms with Gasteiger partial charge in [-0.3, -0.25) is 5.10 Å². The molecule has 6 heteroatoms. The van der Waals surface area contributed by atoms with Crippen LogP contribution < -0.4 is 5.32 Å². The highest BCUT2D eigenvalue weighted by atomic mass is 35.5. The van der Waals surface area contributed by atoms with Gasteiger partial charge in [-0.15, -0.1) is 0 Å². The molecule has 0 amide bonds. The van der Waals surface area contributed by atoms with Crippen LogP contribution in [0.1, 0.15) is 23.9 Å². The molecule has 0 atom stereocenters. The molecule has 0 aliphatic carbocycles. The van der Waals surface area contributed by atoms with E-state index >= 15 is 0 Å². The van der Waals surface area contributed by atoms with Gasteiger partial charge in [-0.05, 0) is 6.92 Å². The summed E-state index contributed by atoms with van der Waals surface area (Å²) in [6, 6.07) is 0. The van der Waals surface area contributed by atoms with Gasteiger partial charge in [0, 0.05) is 30.3 Å². The number of anilines is 1. The highest BCUT2D eigenvalue weighted by Crippen LogP contribution is 2.20. The Bertz CT molecular complexity index is 495. The van der Waals surface area contributed by atoms with Crippen molar-refractivity contribution in [2.45, 2.75) is 26.8 Å². The van der Waals surface area contributed by atoms with Gasteiger partial charge in [0.25, 0.3) is 0 Å². The van der Waals surface area contributed by atoms with Crippen LogP contribution in [0.15, 0.2) is 12.4 Å². The topological polar surface area (TPSA) is 66.5 Å². The fourth-order valence-corrected chi connectivity index (χ4v) is 1.61. The summed E-state index contributed by atoms with van der Waals surface area (Å²) in [6.45, 7) is 4.56. The van der Waals surface area contributed by atoms with E-state index in [9.17, 15) is 0 Å². The number of hydrogen-bond donors (Lipinski definition) is 2. The highest BCUT2D eigenvalue weighted by molar-refractivity contribution is 6.30. The zero-order valence-corrected chi connectivity index (χ0v) is 10.5. The zero-order chi connectivity index (χ0) is 12.3. The number of nitrogens with zero attached hydrogens (tertiary/aromatic N) is 3. The number of rotatable bonds is 4. The molecule has 0 spiro atoms. The fraction of sp³-hybridized carbons (Fsp3) is 0.364. The Hall–Kier alpha value is -1.62. The second-order valence-corrected chi connectivity index (χ2v) is 4.08. The Morgan fingerprint density at radius 3 is 2.88 bits per heavy atom. The van der Waals surface area contributed by atoms with Crippen LogP contribution in [0.2, 0.25) is 5.15 Å². The minimum Gasteiger partial charge on any atom is -0.366 e. The highest BCUT2D eigenvalue weighted by Gasteiger charge is 2.08. The molecular formula is C11H14ClN5. The van der Waals surface area contributed by atoms with E-state index in [-0.39, 0.29) is 0 Å². The summed E-state index contributed by atoms with van der Waals surface area (Å²) < 4.78 is 0. The molecule has 17 heavy (non-hydrogen) atoms. The first-order valence-corrected chi connectivity index (χ1v) is 5.83. The predicted molar refractivity (Wildman–Crippen MR) is 67.1 cm³/mol. The second kappa shape index (κ2) is 5.14. The molecule has 0 saturated heterocycles. The minimum atomic E-state index is 0.506. The smallest absolute Gasteiger partial charge is 0.137 e. The lowest BCUT2D eigenvalue weighted by atomic mass is 10.3. The molecule has 2 rings (SSSR count). The SMILES string of the molecule is CCc1nc(Cl)c(C)c(NCc2cn[nH]c2)n1. The van der Waals surface area contributed by atoms with Crippen LogP contribution in [0.5, 0.6) is 0 Å². The molecule has 2 aromatic rings. The lowest BCUT2D eigenvalue weighted by Gasteiger charge is -2.09. The van der Waals surface area contributed by atoms with E-state index in [1.54, 1.807) is 6.20 Å². The monoisotopic (exact) mass is 251 g/mol. The molecule has 0 radical (unpaired) electrons. The molecule has 5 nitrogen and oxygen atoms in total. The van der Waals surface area contributed by atoms with Crippen molar-refractivity contribution < 1.29 is 0 Å². The van der Waals surface area contributed by atoms with Crippen molar-refractivity contribution in [1.82, 2.24) is 20.2 Å². The van der Waals surface area contributed by atoms with Gasteiger partial charge in [-0.2, -0.15) is 5.10 Å². The molecular weight excluding hydrogens is 238 g/mol. The van der Waals surface area contributed by atoms with Crippen LogP contribution in [0, 0.1) is 6.92 Å². The summed E-state index contributed by atoms with van der Waals surface area (Å²) in [5, 5.41) is 10.4. The van der Waals surface area contributed by atoms with Crippen LogP contribution in [0.3, 0.4) is 0 Å². The van der Waals surface area contributed by atoms with Crippen LogP contribution in [-0.2, 0) is 13.0 Å². The largest absolute Gasteiger partial charge is 0.366 e. The molecule has 0 aliphatic heterocycles. The Balaban J connectivity index is 2.17. The third kappa shape index (κ3) is 2.74. The third-order valence-corrected chi connectivity index (χ3v) is 2.83. The van der Waals surface area contributed by atoms with Gasteiger partial charge in [0.15, 0.2) is 0 Å². The molecule has 0 unspecified atom stereocenters. The van der Waals surface area contributed by atoms with Crippen molar-refractivity contribution >= 4 is 17.4 Å². The van der Waals surface area contributed by atoms with Gasteiger partial charge in [0.2, 0.25) is 0 Å². The Kier molecular flexibility index (Phi) is 3.58. The van der Waals surface area contributed by atoms with Crippen LogP contribution in [0.4, 0.5) is 5.82 Å². The Labute approximate surface area is 105 Å². The van der Waals surface area contributed by atoms with E-state index in [0.717, 1.165) is 29.2 Å².